The summed E-state index contributed by atoms with van der Waals surface area (Å²) < 4.78 is 1.97. The van der Waals surface area contributed by atoms with Crippen LogP contribution in [-0.4, -0.2) is 22.4 Å². The third-order valence-corrected chi connectivity index (χ3v) is 4.42. The molecule has 3 atom stereocenters. The molecule has 0 spiro atoms. The Hall–Kier alpha value is -0.830. The summed E-state index contributed by atoms with van der Waals surface area (Å²) in [6.45, 7) is 5.85. The van der Waals surface area contributed by atoms with Crippen molar-refractivity contribution >= 4 is 0 Å². The SMILES string of the molecule is CC1CCCC(NCCc2ccnn2C)C1C. The monoisotopic (exact) mass is 235 g/mol. The van der Waals surface area contributed by atoms with Crippen molar-refractivity contribution in [3.05, 3.63) is 18.0 Å². The Balaban J connectivity index is 1.76. The van der Waals surface area contributed by atoms with Gasteiger partial charge in [-0.25, -0.2) is 0 Å². The molecule has 0 bridgehead atoms. The van der Waals surface area contributed by atoms with E-state index in [1.54, 1.807) is 0 Å². The van der Waals surface area contributed by atoms with Crippen LogP contribution in [-0.2, 0) is 13.5 Å². The van der Waals surface area contributed by atoms with Crippen LogP contribution in [0.15, 0.2) is 12.3 Å². The summed E-state index contributed by atoms with van der Waals surface area (Å²) in [5.74, 6) is 1.69. The van der Waals surface area contributed by atoms with Gasteiger partial charge in [0.2, 0.25) is 0 Å². The molecule has 3 unspecified atom stereocenters. The molecule has 0 saturated heterocycles. The first-order chi connectivity index (χ1) is 8.18. The molecule has 1 heterocycles. The number of aryl methyl sites for hydroxylation is 1. The highest BCUT2D eigenvalue weighted by Gasteiger charge is 2.26. The minimum atomic E-state index is 0.715. The molecular formula is C14H25N3. The average molecular weight is 235 g/mol. The number of hydrogen-bond acceptors (Lipinski definition) is 2. The van der Waals surface area contributed by atoms with Gasteiger partial charge in [0, 0.05) is 37.9 Å². The molecule has 17 heavy (non-hydrogen) atoms. The minimum absolute atomic E-state index is 0.715. The number of rotatable bonds is 4. The van der Waals surface area contributed by atoms with Crippen LogP contribution in [0.4, 0.5) is 0 Å². The van der Waals surface area contributed by atoms with Crippen molar-refractivity contribution in [3.8, 4) is 0 Å². The second kappa shape index (κ2) is 5.67. The number of nitrogens with one attached hydrogen (secondary N) is 1. The minimum Gasteiger partial charge on any atom is -0.313 e. The molecule has 0 amide bonds. The molecule has 0 aromatic carbocycles. The van der Waals surface area contributed by atoms with Gasteiger partial charge in [-0.1, -0.05) is 26.7 Å². The van der Waals surface area contributed by atoms with Gasteiger partial charge in [-0.2, -0.15) is 5.10 Å². The van der Waals surface area contributed by atoms with E-state index in [4.69, 9.17) is 0 Å². The van der Waals surface area contributed by atoms with E-state index in [1.165, 1.54) is 25.0 Å². The van der Waals surface area contributed by atoms with Crippen LogP contribution >= 0.6 is 0 Å². The first kappa shape index (κ1) is 12.6. The molecule has 3 nitrogen and oxygen atoms in total. The molecule has 1 saturated carbocycles. The third kappa shape index (κ3) is 3.09. The second-order valence-corrected chi connectivity index (χ2v) is 5.52. The van der Waals surface area contributed by atoms with Crippen molar-refractivity contribution in [1.29, 1.82) is 0 Å². The zero-order valence-corrected chi connectivity index (χ0v) is 11.3. The summed E-state index contributed by atoms with van der Waals surface area (Å²) in [6.07, 6.45) is 7.08. The van der Waals surface area contributed by atoms with Crippen molar-refractivity contribution in [2.45, 2.75) is 45.6 Å². The summed E-state index contributed by atoms with van der Waals surface area (Å²) in [4.78, 5) is 0. The van der Waals surface area contributed by atoms with Gasteiger partial charge in [-0.05, 0) is 24.3 Å². The van der Waals surface area contributed by atoms with E-state index in [-0.39, 0.29) is 0 Å². The van der Waals surface area contributed by atoms with E-state index in [0.717, 1.165) is 24.8 Å². The van der Waals surface area contributed by atoms with Crippen LogP contribution < -0.4 is 5.32 Å². The number of nitrogens with zero attached hydrogens (tertiary/aromatic N) is 2. The summed E-state index contributed by atoms with van der Waals surface area (Å²) in [5, 5.41) is 7.92. The predicted octanol–water partition coefficient (Wildman–Crippen LogP) is 2.38. The lowest BCUT2D eigenvalue weighted by molar-refractivity contribution is 0.208. The lowest BCUT2D eigenvalue weighted by atomic mass is 9.78. The molecule has 1 aliphatic rings. The van der Waals surface area contributed by atoms with Crippen molar-refractivity contribution in [3.63, 3.8) is 0 Å². The maximum absolute atomic E-state index is 4.20. The highest BCUT2D eigenvalue weighted by Crippen LogP contribution is 2.29. The zero-order valence-electron chi connectivity index (χ0n) is 11.3. The van der Waals surface area contributed by atoms with E-state index in [9.17, 15) is 0 Å². The van der Waals surface area contributed by atoms with Crippen LogP contribution in [0.5, 0.6) is 0 Å². The molecule has 96 valence electrons. The van der Waals surface area contributed by atoms with Gasteiger partial charge in [-0.3, -0.25) is 4.68 Å². The quantitative estimate of drug-likeness (QED) is 0.868. The maximum Gasteiger partial charge on any atom is 0.0492 e. The summed E-state index contributed by atoms with van der Waals surface area (Å²) >= 11 is 0. The van der Waals surface area contributed by atoms with E-state index in [1.807, 2.05) is 17.9 Å². The van der Waals surface area contributed by atoms with Gasteiger partial charge in [0.05, 0.1) is 0 Å². The molecule has 3 heteroatoms. The Labute approximate surface area is 105 Å². The number of hydrogen-bond donors (Lipinski definition) is 1. The molecule has 1 aliphatic carbocycles. The van der Waals surface area contributed by atoms with Gasteiger partial charge in [0.1, 0.15) is 0 Å². The molecule has 0 radical (unpaired) electrons. The smallest absolute Gasteiger partial charge is 0.0492 e. The van der Waals surface area contributed by atoms with Gasteiger partial charge in [0.15, 0.2) is 0 Å². The zero-order chi connectivity index (χ0) is 12.3. The topological polar surface area (TPSA) is 29.9 Å². The Morgan fingerprint density at radius 2 is 2.24 bits per heavy atom. The van der Waals surface area contributed by atoms with Crippen molar-refractivity contribution in [2.75, 3.05) is 6.54 Å². The Bertz CT molecular complexity index is 345. The molecule has 1 aromatic rings. The fourth-order valence-electron chi connectivity index (χ4n) is 2.90. The highest BCUT2D eigenvalue weighted by molar-refractivity contribution is 5.00. The molecule has 0 aliphatic heterocycles. The lowest BCUT2D eigenvalue weighted by Gasteiger charge is -2.34. The Morgan fingerprint density at radius 1 is 1.41 bits per heavy atom. The van der Waals surface area contributed by atoms with Gasteiger partial charge >= 0.3 is 0 Å². The summed E-state index contributed by atoms with van der Waals surface area (Å²) in [5.41, 5.74) is 1.31. The Morgan fingerprint density at radius 3 is 2.94 bits per heavy atom. The van der Waals surface area contributed by atoms with Crippen LogP contribution in [0.1, 0.15) is 38.8 Å². The standard InChI is InChI=1S/C14H25N3/c1-11-5-4-6-14(12(11)2)15-9-7-13-8-10-16-17(13)3/h8,10-12,14-15H,4-7,9H2,1-3H3. The summed E-state index contributed by atoms with van der Waals surface area (Å²) in [7, 11) is 2.01. The normalized spacial score (nSPS) is 29.5. The maximum atomic E-state index is 4.20. The fraction of sp³-hybridized carbons (Fsp3) is 0.786. The van der Waals surface area contributed by atoms with Gasteiger partial charge < -0.3 is 5.32 Å². The van der Waals surface area contributed by atoms with E-state index >= 15 is 0 Å². The third-order valence-electron chi connectivity index (χ3n) is 4.42. The van der Waals surface area contributed by atoms with Crippen LogP contribution in [0.3, 0.4) is 0 Å². The van der Waals surface area contributed by atoms with E-state index < -0.39 is 0 Å². The lowest BCUT2D eigenvalue weighted by Crippen LogP contribution is -2.41. The first-order valence-electron chi connectivity index (χ1n) is 6.88. The van der Waals surface area contributed by atoms with Crippen molar-refractivity contribution in [2.24, 2.45) is 18.9 Å². The summed E-state index contributed by atoms with van der Waals surface area (Å²) in [6, 6.07) is 2.82. The molecular weight excluding hydrogens is 210 g/mol. The predicted molar refractivity (Wildman–Crippen MR) is 70.9 cm³/mol. The highest BCUT2D eigenvalue weighted by atomic mass is 15.3. The van der Waals surface area contributed by atoms with Crippen molar-refractivity contribution in [1.82, 2.24) is 15.1 Å². The molecule has 2 rings (SSSR count). The fourth-order valence-corrected chi connectivity index (χ4v) is 2.90. The first-order valence-corrected chi connectivity index (χ1v) is 6.88. The largest absolute Gasteiger partial charge is 0.313 e. The Kier molecular flexibility index (Phi) is 4.21. The second-order valence-electron chi connectivity index (χ2n) is 5.52. The number of aromatic nitrogens is 2. The molecule has 1 aromatic heterocycles. The van der Waals surface area contributed by atoms with Gasteiger partial charge in [-0.15, -0.1) is 0 Å². The molecule has 1 N–H and O–H groups in total. The van der Waals surface area contributed by atoms with Crippen LogP contribution in [0, 0.1) is 11.8 Å². The van der Waals surface area contributed by atoms with Gasteiger partial charge in [0.25, 0.3) is 0 Å². The van der Waals surface area contributed by atoms with E-state index in [0.29, 0.717) is 6.04 Å². The average Bonchev–Trinajstić information content (AvgIpc) is 2.71. The van der Waals surface area contributed by atoms with E-state index in [2.05, 4.69) is 30.3 Å². The van der Waals surface area contributed by atoms with Crippen molar-refractivity contribution < 1.29 is 0 Å². The van der Waals surface area contributed by atoms with Crippen LogP contribution in [0.25, 0.3) is 0 Å². The van der Waals surface area contributed by atoms with Crippen LogP contribution in [0.2, 0.25) is 0 Å². The molecule has 1 fully saturated rings.